The minimum absolute atomic E-state index is 0.205. The molecule has 3 rings (SSSR count). The minimum Gasteiger partial charge on any atom is -0.496 e. The molecule has 0 bridgehead atoms. The second-order valence-electron chi connectivity index (χ2n) is 6.29. The highest BCUT2D eigenvalue weighted by Crippen LogP contribution is 2.29. The van der Waals surface area contributed by atoms with E-state index >= 15 is 0 Å². The maximum absolute atomic E-state index is 12.2. The Morgan fingerprint density at radius 2 is 2.08 bits per heavy atom. The molecule has 1 aliphatic heterocycles. The van der Waals surface area contributed by atoms with E-state index in [1.165, 1.54) is 32.4 Å². The number of hydrogen-bond donors (Lipinski definition) is 1. The van der Waals surface area contributed by atoms with Gasteiger partial charge in [0.05, 0.1) is 12.7 Å². The summed E-state index contributed by atoms with van der Waals surface area (Å²) in [5.74, 6) is 1.01. The number of para-hydroxylation sites is 1. The van der Waals surface area contributed by atoms with Gasteiger partial charge in [-0.2, -0.15) is 0 Å². The maximum atomic E-state index is 12.2. The Morgan fingerprint density at radius 1 is 1.28 bits per heavy atom. The Balaban J connectivity index is 1.50. The second-order valence-corrected chi connectivity index (χ2v) is 6.29. The lowest BCUT2D eigenvalue weighted by atomic mass is 10.1. The number of nitrogens with one attached hydrogen (secondary N) is 1. The zero-order valence-electron chi connectivity index (χ0n) is 14.7. The second kappa shape index (κ2) is 8.67. The van der Waals surface area contributed by atoms with Crippen LogP contribution < -0.4 is 10.1 Å². The molecule has 6 heteroatoms. The predicted molar refractivity (Wildman–Crippen MR) is 95.7 cm³/mol. The molecule has 1 N–H and O–H groups in total. The van der Waals surface area contributed by atoms with Gasteiger partial charge in [-0.3, -0.25) is 4.79 Å². The van der Waals surface area contributed by atoms with Crippen molar-refractivity contribution in [1.82, 2.24) is 15.4 Å². The molecule has 0 radical (unpaired) electrons. The van der Waals surface area contributed by atoms with E-state index in [1.807, 2.05) is 24.3 Å². The van der Waals surface area contributed by atoms with Crippen LogP contribution in [0.15, 0.2) is 34.9 Å². The van der Waals surface area contributed by atoms with Crippen molar-refractivity contribution in [1.29, 1.82) is 0 Å². The molecular formula is C19H25N3O3. The molecule has 1 aromatic carbocycles. The van der Waals surface area contributed by atoms with Crippen LogP contribution >= 0.6 is 0 Å². The van der Waals surface area contributed by atoms with E-state index in [0.29, 0.717) is 23.7 Å². The van der Waals surface area contributed by atoms with Crippen LogP contribution in [0.2, 0.25) is 0 Å². The number of ether oxygens (including phenoxy) is 1. The quantitative estimate of drug-likeness (QED) is 0.783. The normalized spacial score (nSPS) is 15.1. The summed E-state index contributed by atoms with van der Waals surface area (Å²) in [7, 11) is 1.60. The van der Waals surface area contributed by atoms with Crippen LogP contribution in [0.3, 0.4) is 0 Å². The highest BCUT2D eigenvalue weighted by molar-refractivity contribution is 5.93. The number of aromatic nitrogens is 1. The van der Waals surface area contributed by atoms with Gasteiger partial charge in [-0.05, 0) is 51.0 Å². The van der Waals surface area contributed by atoms with Crippen molar-refractivity contribution in [3.05, 3.63) is 36.0 Å². The van der Waals surface area contributed by atoms with Gasteiger partial charge in [0.1, 0.15) is 5.75 Å². The molecule has 0 atom stereocenters. The molecule has 1 amide bonds. The average molecular weight is 343 g/mol. The number of rotatable bonds is 7. The average Bonchev–Trinajstić information content (AvgIpc) is 3.16. The van der Waals surface area contributed by atoms with Crippen molar-refractivity contribution < 1.29 is 14.1 Å². The lowest BCUT2D eigenvalue weighted by molar-refractivity contribution is 0.0942. The number of methoxy groups -OCH3 is 1. The standard InChI is InChI=1S/C19H25N3O3/c1-24-17-9-4-3-8-15(17)18-14-16(21-25-18)19(23)20-10-7-13-22-11-5-2-6-12-22/h3-4,8-9,14H,2,5-7,10-13H2,1H3,(H,20,23). The molecule has 1 aliphatic rings. The van der Waals surface area contributed by atoms with Gasteiger partial charge in [0.15, 0.2) is 11.5 Å². The highest BCUT2D eigenvalue weighted by Gasteiger charge is 2.16. The van der Waals surface area contributed by atoms with Gasteiger partial charge >= 0.3 is 0 Å². The summed E-state index contributed by atoms with van der Waals surface area (Å²) in [6.45, 7) is 4.04. The Labute approximate surface area is 148 Å². The summed E-state index contributed by atoms with van der Waals surface area (Å²) in [4.78, 5) is 14.7. The third kappa shape index (κ3) is 4.60. The van der Waals surface area contributed by atoms with Crippen LogP contribution in [0.1, 0.15) is 36.2 Å². The van der Waals surface area contributed by atoms with Gasteiger partial charge in [-0.15, -0.1) is 0 Å². The van der Waals surface area contributed by atoms with Crippen LogP contribution in [0, 0.1) is 0 Å². The summed E-state index contributed by atoms with van der Waals surface area (Å²) in [6.07, 6.45) is 4.87. The van der Waals surface area contributed by atoms with Crippen molar-refractivity contribution in [2.75, 3.05) is 33.3 Å². The van der Waals surface area contributed by atoms with E-state index in [2.05, 4.69) is 15.4 Å². The molecule has 0 unspecified atom stereocenters. The fourth-order valence-corrected chi connectivity index (χ4v) is 3.14. The van der Waals surface area contributed by atoms with Crippen LogP contribution in [0.4, 0.5) is 0 Å². The Kier molecular flexibility index (Phi) is 6.06. The first kappa shape index (κ1) is 17.5. The number of carbonyl (C=O) groups is 1. The van der Waals surface area contributed by atoms with Crippen molar-refractivity contribution in [2.24, 2.45) is 0 Å². The molecular weight excluding hydrogens is 318 g/mol. The summed E-state index contributed by atoms with van der Waals surface area (Å²) >= 11 is 0. The molecule has 0 aliphatic carbocycles. The van der Waals surface area contributed by atoms with Crippen LogP contribution in [0.25, 0.3) is 11.3 Å². The minimum atomic E-state index is -0.205. The van der Waals surface area contributed by atoms with Gasteiger partial charge in [0.25, 0.3) is 5.91 Å². The Bertz CT molecular complexity index is 693. The van der Waals surface area contributed by atoms with Crippen LogP contribution in [0.5, 0.6) is 5.75 Å². The number of benzene rings is 1. The van der Waals surface area contributed by atoms with Crippen molar-refractivity contribution >= 4 is 5.91 Å². The molecule has 0 spiro atoms. The number of piperidine rings is 1. The first-order chi connectivity index (χ1) is 12.3. The van der Waals surface area contributed by atoms with E-state index in [0.717, 1.165) is 18.5 Å². The predicted octanol–water partition coefficient (Wildman–Crippen LogP) is 2.96. The largest absolute Gasteiger partial charge is 0.496 e. The topological polar surface area (TPSA) is 67.6 Å². The molecule has 2 heterocycles. The van der Waals surface area contributed by atoms with Crippen LogP contribution in [-0.4, -0.2) is 49.3 Å². The van der Waals surface area contributed by atoms with Gasteiger partial charge < -0.3 is 19.5 Å². The van der Waals surface area contributed by atoms with E-state index in [4.69, 9.17) is 9.26 Å². The Hall–Kier alpha value is -2.34. The fraction of sp³-hybridized carbons (Fsp3) is 0.474. The summed E-state index contributed by atoms with van der Waals surface area (Å²) < 4.78 is 10.6. The molecule has 6 nitrogen and oxygen atoms in total. The fourth-order valence-electron chi connectivity index (χ4n) is 3.14. The molecule has 1 saturated heterocycles. The van der Waals surface area contributed by atoms with E-state index in [1.54, 1.807) is 13.2 Å². The number of amides is 1. The summed E-state index contributed by atoms with van der Waals surface area (Å²) in [5.41, 5.74) is 1.07. The van der Waals surface area contributed by atoms with E-state index in [-0.39, 0.29) is 5.91 Å². The summed E-state index contributed by atoms with van der Waals surface area (Å²) in [5, 5.41) is 6.80. The van der Waals surface area contributed by atoms with Crippen molar-refractivity contribution in [2.45, 2.75) is 25.7 Å². The van der Waals surface area contributed by atoms with Gasteiger partial charge in [0, 0.05) is 12.6 Å². The molecule has 134 valence electrons. The third-order valence-corrected chi connectivity index (χ3v) is 4.50. The first-order valence-electron chi connectivity index (χ1n) is 8.88. The van der Waals surface area contributed by atoms with Gasteiger partial charge in [0.2, 0.25) is 0 Å². The molecule has 2 aromatic rings. The summed E-state index contributed by atoms with van der Waals surface area (Å²) in [6, 6.07) is 9.14. The zero-order valence-corrected chi connectivity index (χ0v) is 14.7. The first-order valence-corrected chi connectivity index (χ1v) is 8.88. The number of nitrogens with zero attached hydrogens (tertiary/aromatic N) is 2. The highest BCUT2D eigenvalue weighted by atomic mass is 16.5. The number of hydrogen-bond acceptors (Lipinski definition) is 5. The number of likely N-dealkylation sites (tertiary alicyclic amines) is 1. The smallest absolute Gasteiger partial charge is 0.273 e. The number of carbonyl (C=O) groups excluding carboxylic acids is 1. The molecule has 0 saturated carbocycles. The SMILES string of the molecule is COc1ccccc1-c1cc(C(=O)NCCCN2CCCCC2)no1. The molecule has 1 aromatic heterocycles. The monoisotopic (exact) mass is 343 g/mol. The van der Waals surface area contributed by atoms with Gasteiger partial charge in [-0.1, -0.05) is 23.7 Å². The zero-order chi connectivity index (χ0) is 17.5. The molecule has 25 heavy (non-hydrogen) atoms. The lowest BCUT2D eigenvalue weighted by Crippen LogP contribution is -2.33. The van der Waals surface area contributed by atoms with Crippen molar-refractivity contribution in [3.63, 3.8) is 0 Å². The van der Waals surface area contributed by atoms with Crippen LogP contribution in [-0.2, 0) is 0 Å². The maximum Gasteiger partial charge on any atom is 0.273 e. The van der Waals surface area contributed by atoms with Crippen molar-refractivity contribution in [3.8, 4) is 17.1 Å². The van der Waals surface area contributed by atoms with E-state index < -0.39 is 0 Å². The van der Waals surface area contributed by atoms with E-state index in [9.17, 15) is 4.79 Å². The molecule has 1 fully saturated rings. The van der Waals surface area contributed by atoms with Gasteiger partial charge in [-0.25, -0.2) is 0 Å². The third-order valence-electron chi connectivity index (χ3n) is 4.50. The lowest BCUT2D eigenvalue weighted by Gasteiger charge is -2.26. The Morgan fingerprint density at radius 3 is 2.88 bits per heavy atom.